The van der Waals surface area contributed by atoms with Gasteiger partial charge in [-0.15, -0.1) is 0 Å². The summed E-state index contributed by atoms with van der Waals surface area (Å²) in [5.41, 5.74) is 1.08. The number of carbonyl (C=O) groups is 1. The smallest absolute Gasteiger partial charge is 0.225 e. The van der Waals surface area contributed by atoms with Crippen LogP contribution in [0.25, 0.3) is 0 Å². The van der Waals surface area contributed by atoms with Crippen molar-refractivity contribution in [1.82, 2.24) is 14.9 Å². The fourth-order valence-electron chi connectivity index (χ4n) is 2.67. The van der Waals surface area contributed by atoms with Gasteiger partial charge >= 0.3 is 0 Å². The van der Waals surface area contributed by atoms with E-state index in [9.17, 15) is 9.18 Å². The zero-order valence-electron chi connectivity index (χ0n) is 13.6. The van der Waals surface area contributed by atoms with Crippen molar-refractivity contribution < 1.29 is 9.18 Å². The maximum atomic E-state index is 14.3. The quantitative estimate of drug-likeness (QED) is 0.757. The summed E-state index contributed by atoms with van der Waals surface area (Å²) in [6, 6.07) is 12.8. The molecule has 1 N–H and O–H groups in total. The van der Waals surface area contributed by atoms with Crippen LogP contribution >= 0.6 is 11.6 Å². The lowest BCUT2D eigenvalue weighted by atomic mass is 10.0. The first-order valence-corrected chi connectivity index (χ1v) is 8.18. The summed E-state index contributed by atoms with van der Waals surface area (Å²) in [6.45, 7) is 0. The summed E-state index contributed by atoms with van der Waals surface area (Å²) in [5.74, 6) is -0.101. The van der Waals surface area contributed by atoms with E-state index in [1.807, 2.05) is 6.07 Å². The van der Waals surface area contributed by atoms with Crippen molar-refractivity contribution in [3.8, 4) is 0 Å². The van der Waals surface area contributed by atoms with E-state index in [0.717, 1.165) is 0 Å². The summed E-state index contributed by atoms with van der Waals surface area (Å²) in [7, 11) is 1.80. The lowest BCUT2D eigenvalue weighted by Crippen LogP contribution is -2.32. The molecule has 1 aromatic heterocycles. The second kappa shape index (κ2) is 7.49. The summed E-state index contributed by atoms with van der Waals surface area (Å²) < 4.78 is 16.1. The highest BCUT2D eigenvalue weighted by molar-refractivity contribution is 6.31. The van der Waals surface area contributed by atoms with Gasteiger partial charge in [0.25, 0.3) is 0 Å². The molecule has 1 atom stereocenters. The maximum absolute atomic E-state index is 14.3. The molecule has 0 aliphatic carbocycles. The molecule has 0 aliphatic heterocycles. The molecule has 0 radical (unpaired) electrons. The van der Waals surface area contributed by atoms with Crippen LogP contribution in [0.5, 0.6) is 0 Å². The molecule has 0 fully saturated rings. The zero-order valence-corrected chi connectivity index (χ0v) is 14.4. The average molecular weight is 358 g/mol. The van der Waals surface area contributed by atoms with Crippen molar-refractivity contribution in [3.05, 3.63) is 88.7 Å². The molecular formula is C19H17ClFN3O. The Morgan fingerprint density at radius 2 is 1.96 bits per heavy atom. The molecule has 128 valence electrons. The minimum Gasteiger partial charge on any atom is -0.342 e. The SMILES string of the molecule is Cn1ccnc1C(NC(=O)Cc1ccccc1Cl)c1ccccc1F. The number of carbonyl (C=O) groups excluding carboxylic acids is 1. The van der Waals surface area contributed by atoms with Crippen LogP contribution in [0.4, 0.5) is 4.39 Å². The second-order valence-electron chi connectivity index (χ2n) is 5.69. The molecule has 1 amide bonds. The molecule has 1 unspecified atom stereocenters. The van der Waals surface area contributed by atoms with Gasteiger partial charge in [-0.1, -0.05) is 48.0 Å². The third kappa shape index (κ3) is 3.88. The van der Waals surface area contributed by atoms with Crippen molar-refractivity contribution >= 4 is 17.5 Å². The van der Waals surface area contributed by atoms with Crippen molar-refractivity contribution in [1.29, 1.82) is 0 Å². The highest BCUT2D eigenvalue weighted by Crippen LogP contribution is 2.23. The van der Waals surface area contributed by atoms with Gasteiger partial charge in [0, 0.05) is 30.0 Å². The Kier molecular flexibility index (Phi) is 5.14. The van der Waals surface area contributed by atoms with E-state index in [1.165, 1.54) is 6.07 Å². The Bertz CT molecular complexity index is 894. The van der Waals surface area contributed by atoms with E-state index in [-0.39, 0.29) is 12.3 Å². The molecular weight excluding hydrogens is 341 g/mol. The molecule has 3 aromatic rings. The van der Waals surface area contributed by atoms with Crippen LogP contribution in [0.2, 0.25) is 5.02 Å². The van der Waals surface area contributed by atoms with Gasteiger partial charge in [-0.25, -0.2) is 9.37 Å². The second-order valence-corrected chi connectivity index (χ2v) is 6.09. The Morgan fingerprint density at radius 1 is 1.24 bits per heavy atom. The molecule has 1 heterocycles. The molecule has 25 heavy (non-hydrogen) atoms. The van der Waals surface area contributed by atoms with E-state index in [2.05, 4.69) is 10.3 Å². The van der Waals surface area contributed by atoms with Crippen molar-refractivity contribution in [2.75, 3.05) is 0 Å². The first-order chi connectivity index (χ1) is 12.1. The number of hydrogen-bond donors (Lipinski definition) is 1. The van der Waals surface area contributed by atoms with E-state index in [4.69, 9.17) is 11.6 Å². The van der Waals surface area contributed by atoms with Gasteiger partial charge in [0.2, 0.25) is 5.91 Å². The van der Waals surface area contributed by atoms with Crippen LogP contribution in [-0.4, -0.2) is 15.5 Å². The monoisotopic (exact) mass is 357 g/mol. The predicted molar refractivity (Wildman–Crippen MR) is 94.7 cm³/mol. The normalized spacial score (nSPS) is 12.0. The van der Waals surface area contributed by atoms with Crippen LogP contribution in [0.3, 0.4) is 0 Å². The van der Waals surface area contributed by atoms with Gasteiger partial charge in [-0.3, -0.25) is 4.79 Å². The standard InChI is InChI=1S/C19H17ClFN3O/c1-24-11-10-22-19(24)18(14-7-3-5-9-16(14)21)23-17(25)12-13-6-2-4-8-15(13)20/h2-11,18H,12H2,1H3,(H,23,25). The zero-order chi connectivity index (χ0) is 17.8. The highest BCUT2D eigenvalue weighted by Gasteiger charge is 2.23. The minimum atomic E-state index is -0.684. The van der Waals surface area contributed by atoms with Crippen LogP contribution in [0.1, 0.15) is 23.0 Å². The van der Waals surface area contributed by atoms with E-state index in [1.54, 1.807) is 60.4 Å². The minimum absolute atomic E-state index is 0.106. The fourth-order valence-corrected chi connectivity index (χ4v) is 2.88. The third-order valence-corrected chi connectivity index (χ3v) is 4.32. The number of aromatic nitrogens is 2. The van der Waals surface area contributed by atoms with Gasteiger partial charge in [-0.2, -0.15) is 0 Å². The van der Waals surface area contributed by atoms with Gasteiger partial charge in [-0.05, 0) is 17.7 Å². The molecule has 0 saturated carbocycles. The first kappa shape index (κ1) is 17.2. The number of aryl methyl sites for hydroxylation is 1. The van der Waals surface area contributed by atoms with Crippen molar-refractivity contribution in [2.45, 2.75) is 12.5 Å². The summed E-state index contributed by atoms with van der Waals surface area (Å²) >= 11 is 6.12. The Labute approximate surface area is 150 Å². The topological polar surface area (TPSA) is 46.9 Å². The van der Waals surface area contributed by atoms with E-state index in [0.29, 0.717) is 22.0 Å². The maximum Gasteiger partial charge on any atom is 0.225 e. The highest BCUT2D eigenvalue weighted by atomic mass is 35.5. The predicted octanol–water partition coefficient (Wildman–Crippen LogP) is 3.66. The summed E-state index contributed by atoms with van der Waals surface area (Å²) in [5, 5.41) is 3.40. The first-order valence-electron chi connectivity index (χ1n) is 7.80. The Balaban J connectivity index is 1.88. The average Bonchev–Trinajstić information content (AvgIpc) is 3.01. The number of benzene rings is 2. The van der Waals surface area contributed by atoms with Crippen LogP contribution in [0.15, 0.2) is 60.9 Å². The number of nitrogens with one attached hydrogen (secondary N) is 1. The Hall–Kier alpha value is -2.66. The van der Waals surface area contributed by atoms with E-state index < -0.39 is 11.9 Å². The third-order valence-electron chi connectivity index (χ3n) is 3.95. The fraction of sp³-hybridized carbons (Fsp3) is 0.158. The molecule has 0 saturated heterocycles. The van der Waals surface area contributed by atoms with Crippen molar-refractivity contribution in [2.24, 2.45) is 7.05 Å². The van der Waals surface area contributed by atoms with Crippen LogP contribution in [0, 0.1) is 5.82 Å². The van der Waals surface area contributed by atoms with Crippen LogP contribution < -0.4 is 5.32 Å². The molecule has 0 spiro atoms. The van der Waals surface area contributed by atoms with Gasteiger partial charge < -0.3 is 9.88 Å². The molecule has 3 rings (SSSR count). The number of nitrogens with zero attached hydrogens (tertiary/aromatic N) is 2. The molecule has 0 aliphatic rings. The number of hydrogen-bond acceptors (Lipinski definition) is 2. The number of imidazole rings is 1. The molecule has 6 heteroatoms. The lowest BCUT2D eigenvalue weighted by molar-refractivity contribution is -0.121. The number of amides is 1. The Morgan fingerprint density at radius 3 is 2.64 bits per heavy atom. The summed E-state index contributed by atoms with van der Waals surface area (Å²) in [4.78, 5) is 16.8. The van der Waals surface area contributed by atoms with Crippen LogP contribution in [-0.2, 0) is 18.3 Å². The lowest BCUT2D eigenvalue weighted by Gasteiger charge is -2.20. The molecule has 0 bridgehead atoms. The molecule has 2 aromatic carbocycles. The van der Waals surface area contributed by atoms with Gasteiger partial charge in [0.15, 0.2) is 0 Å². The number of halogens is 2. The summed E-state index contributed by atoms with van der Waals surface area (Å²) in [6.07, 6.45) is 3.47. The molecule has 4 nitrogen and oxygen atoms in total. The number of rotatable bonds is 5. The largest absolute Gasteiger partial charge is 0.342 e. The van der Waals surface area contributed by atoms with Gasteiger partial charge in [0.1, 0.15) is 17.7 Å². The van der Waals surface area contributed by atoms with Crippen molar-refractivity contribution in [3.63, 3.8) is 0 Å². The van der Waals surface area contributed by atoms with Gasteiger partial charge in [0.05, 0.1) is 6.42 Å². The van der Waals surface area contributed by atoms with E-state index >= 15 is 0 Å².